The third-order valence-electron chi connectivity index (χ3n) is 3.82. The lowest BCUT2D eigenvalue weighted by Crippen LogP contribution is -2.20. The van der Waals surface area contributed by atoms with Crippen LogP contribution < -0.4 is 10.1 Å². The van der Waals surface area contributed by atoms with E-state index >= 15 is 0 Å². The summed E-state index contributed by atoms with van der Waals surface area (Å²) < 4.78 is 41.6. The third-order valence-corrected chi connectivity index (χ3v) is 3.82. The lowest BCUT2D eigenvalue weighted by molar-refractivity contribution is -0.153. The molecule has 2 aromatic rings. The van der Waals surface area contributed by atoms with E-state index in [9.17, 15) is 22.8 Å². The van der Waals surface area contributed by atoms with Gasteiger partial charge in [0.25, 0.3) is 0 Å². The number of nitrogens with one attached hydrogen (secondary N) is 1. The van der Waals surface area contributed by atoms with Crippen molar-refractivity contribution in [3.63, 3.8) is 0 Å². The Kier molecular flexibility index (Phi) is 6.44. The predicted molar refractivity (Wildman–Crippen MR) is 93.1 cm³/mol. The molecule has 144 valence electrons. The Bertz CT molecular complexity index is 834. The average molecular weight is 381 g/mol. The summed E-state index contributed by atoms with van der Waals surface area (Å²) in [6.07, 6.45) is -4.21. The minimum atomic E-state index is -4.46. The first kappa shape index (κ1) is 20.3. The standard InChI is InChI=1S/C19H18F3NO4/c1-12-15(7-4-8-16(12)27-11-19(20,21)22)23-17(24)10-9-13-5-2-3-6-14(13)18(25)26/h2-8H,9-11H2,1H3,(H,23,24)(H,25,26). The van der Waals surface area contributed by atoms with Crippen LogP contribution in [-0.4, -0.2) is 29.8 Å². The maximum Gasteiger partial charge on any atom is 0.422 e. The minimum Gasteiger partial charge on any atom is -0.484 e. The van der Waals surface area contributed by atoms with Crippen LogP contribution in [0.5, 0.6) is 5.75 Å². The Hall–Kier alpha value is -3.03. The Labute approximate surface area is 153 Å². The highest BCUT2D eigenvalue weighted by molar-refractivity contribution is 5.93. The predicted octanol–water partition coefficient (Wildman–Crippen LogP) is 4.21. The number of rotatable bonds is 7. The van der Waals surface area contributed by atoms with Gasteiger partial charge in [-0.25, -0.2) is 4.79 Å². The highest BCUT2D eigenvalue weighted by Crippen LogP contribution is 2.27. The van der Waals surface area contributed by atoms with Crippen LogP contribution in [0.2, 0.25) is 0 Å². The zero-order valence-corrected chi connectivity index (χ0v) is 14.5. The Morgan fingerprint density at radius 3 is 2.48 bits per heavy atom. The van der Waals surface area contributed by atoms with Crippen molar-refractivity contribution in [3.8, 4) is 5.75 Å². The van der Waals surface area contributed by atoms with Gasteiger partial charge in [-0.15, -0.1) is 0 Å². The number of aromatic carboxylic acids is 1. The molecule has 0 saturated heterocycles. The van der Waals surface area contributed by atoms with Gasteiger partial charge in [-0.2, -0.15) is 13.2 Å². The number of aryl methyl sites for hydroxylation is 1. The molecule has 0 aliphatic carbocycles. The maximum atomic E-state index is 12.3. The number of amides is 1. The van der Waals surface area contributed by atoms with E-state index in [0.717, 1.165) is 0 Å². The van der Waals surface area contributed by atoms with Gasteiger partial charge in [0.05, 0.1) is 5.56 Å². The number of alkyl halides is 3. The summed E-state index contributed by atoms with van der Waals surface area (Å²) in [6.45, 7) is 0.123. The van der Waals surface area contributed by atoms with Gasteiger partial charge in [0.15, 0.2) is 6.61 Å². The van der Waals surface area contributed by atoms with Crippen LogP contribution in [0.25, 0.3) is 0 Å². The van der Waals surface area contributed by atoms with E-state index in [1.807, 2.05) is 0 Å². The first-order valence-electron chi connectivity index (χ1n) is 8.07. The molecule has 0 saturated carbocycles. The number of ether oxygens (including phenoxy) is 1. The highest BCUT2D eigenvalue weighted by atomic mass is 19.4. The fourth-order valence-electron chi connectivity index (χ4n) is 2.47. The maximum absolute atomic E-state index is 12.3. The van der Waals surface area contributed by atoms with E-state index in [-0.39, 0.29) is 30.1 Å². The van der Waals surface area contributed by atoms with E-state index in [0.29, 0.717) is 16.8 Å². The van der Waals surface area contributed by atoms with Gasteiger partial charge in [0, 0.05) is 17.7 Å². The van der Waals surface area contributed by atoms with Crippen LogP contribution in [0.1, 0.15) is 27.9 Å². The number of carbonyl (C=O) groups is 2. The Morgan fingerprint density at radius 2 is 1.81 bits per heavy atom. The number of carbonyl (C=O) groups excluding carboxylic acids is 1. The second-order valence-corrected chi connectivity index (χ2v) is 5.84. The Balaban J connectivity index is 2.01. The fraction of sp³-hybridized carbons (Fsp3) is 0.263. The summed E-state index contributed by atoms with van der Waals surface area (Å²) in [7, 11) is 0. The second kappa shape index (κ2) is 8.57. The molecule has 0 unspecified atom stereocenters. The summed E-state index contributed by atoms with van der Waals surface area (Å²) in [4.78, 5) is 23.3. The number of anilines is 1. The monoisotopic (exact) mass is 381 g/mol. The molecule has 8 heteroatoms. The highest BCUT2D eigenvalue weighted by Gasteiger charge is 2.28. The molecule has 27 heavy (non-hydrogen) atoms. The van der Waals surface area contributed by atoms with Gasteiger partial charge in [-0.3, -0.25) is 4.79 Å². The molecule has 0 aliphatic heterocycles. The normalized spacial score (nSPS) is 11.1. The van der Waals surface area contributed by atoms with E-state index in [1.54, 1.807) is 31.2 Å². The molecule has 0 bridgehead atoms. The zero-order chi connectivity index (χ0) is 20.0. The lowest BCUT2D eigenvalue weighted by atomic mass is 10.0. The molecular weight excluding hydrogens is 363 g/mol. The molecule has 0 atom stereocenters. The van der Waals surface area contributed by atoms with Crippen molar-refractivity contribution in [2.24, 2.45) is 0 Å². The molecule has 2 N–H and O–H groups in total. The number of carboxylic acid groups (broad SMARTS) is 1. The van der Waals surface area contributed by atoms with E-state index in [1.165, 1.54) is 18.2 Å². The molecular formula is C19H18F3NO4. The molecule has 0 aromatic heterocycles. The van der Waals surface area contributed by atoms with Gasteiger partial charge >= 0.3 is 12.1 Å². The quantitative estimate of drug-likeness (QED) is 0.754. The SMILES string of the molecule is Cc1c(NC(=O)CCc2ccccc2C(=O)O)cccc1OCC(F)(F)F. The van der Waals surface area contributed by atoms with Crippen LogP contribution in [0, 0.1) is 6.92 Å². The van der Waals surface area contributed by atoms with Gasteiger partial charge in [-0.05, 0) is 37.1 Å². The van der Waals surface area contributed by atoms with E-state index in [4.69, 9.17) is 9.84 Å². The van der Waals surface area contributed by atoms with Crippen LogP contribution in [-0.2, 0) is 11.2 Å². The van der Waals surface area contributed by atoms with Gasteiger partial charge in [0.1, 0.15) is 5.75 Å². The third kappa shape index (κ3) is 6.02. The van der Waals surface area contributed by atoms with Crippen molar-refractivity contribution >= 4 is 17.6 Å². The zero-order valence-electron chi connectivity index (χ0n) is 14.5. The first-order valence-corrected chi connectivity index (χ1v) is 8.07. The van der Waals surface area contributed by atoms with Crippen molar-refractivity contribution in [2.75, 3.05) is 11.9 Å². The van der Waals surface area contributed by atoms with Crippen LogP contribution >= 0.6 is 0 Å². The summed E-state index contributed by atoms with van der Waals surface area (Å²) in [5, 5.41) is 11.8. The van der Waals surface area contributed by atoms with E-state index in [2.05, 4.69) is 5.32 Å². The van der Waals surface area contributed by atoms with Crippen molar-refractivity contribution < 1.29 is 32.6 Å². The molecule has 5 nitrogen and oxygen atoms in total. The number of halogens is 3. The second-order valence-electron chi connectivity index (χ2n) is 5.84. The largest absolute Gasteiger partial charge is 0.484 e. The molecule has 2 aromatic carbocycles. The number of hydrogen-bond acceptors (Lipinski definition) is 3. The lowest BCUT2D eigenvalue weighted by Gasteiger charge is -2.15. The van der Waals surface area contributed by atoms with Gasteiger partial charge < -0.3 is 15.2 Å². The molecule has 1 amide bonds. The summed E-state index contributed by atoms with van der Waals surface area (Å²) in [6, 6.07) is 10.8. The summed E-state index contributed by atoms with van der Waals surface area (Å²) >= 11 is 0. The van der Waals surface area contributed by atoms with Crippen molar-refractivity contribution in [2.45, 2.75) is 25.9 Å². The van der Waals surface area contributed by atoms with Crippen LogP contribution in [0.15, 0.2) is 42.5 Å². The minimum absolute atomic E-state index is 0.0252. The topological polar surface area (TPSA) is 75.6 Å². The summed E-state index contributed by atoms with van der Waals surface area (Å²) in [5.74, 6) is -1.43. The molecule has 0 aliphatic rings. The number of carboxylic acids is 1. The number of hydrogen-bond donors (Lipinski definition) is 2. The fourth-order valence-corrected chi connectivity index (χ4v) is 2.47. The van der Waals surface area contributed by atoms with Gasteiger partial charge in [-0.1, -0.05) is 24.3 Å². The van der Waals surface area contributed by atoms with Crippen molar-refractivity contribution in [3.05, 3.63) is 59.2 Å². The average Bonchev–Trinajstić information content (AvgIpc) is 2.60. The molecule has 2 rings (SSSR count). The van der Waals surface area contributed by atoms with Crippen molar-refractivity contribution in [1.29, 1.82) is 0 Å². The molecule has 0 fully saturated rings. The molecule has 0 spiro atoms. The van der Waals surface area contributed by atoms with Crippen molar-refractivity contribution in [1.82, 2.24) is 0 Å². The van der Waals surface area contributed by atoms with Crippen LogP contribution in [0.4, 0.5) is 18.9 Å². The van der Waals surface area contributed by atoms with E-state index < -0.39 is 18.8 Å². The van der Waals surface area contributed by atoms with Crippen LogP contribution in [0.3, 0.4) is 0 Å². The smallest absolute Gasteiger partial charge is 0.422 e. The Morgan fingerprint density at radius 1 is 1.11 bits per heavy atom. The van der Waals surface area contributed by atoms with Gasteiger partial charge in [0.2, 0.25) is 5.91 Å². The first-order chi connectivity index (χ1) is 12.7. The molecule has 0 heterocycles. The molecule has 0 radical (unpaired) electrons. The summed E-state index contributed by atoms with van der Waals surface area (Å²) in [5.41, 5.74) is 1.37. The number of benzene rings is 2.